The Morgan fingerprint density at radius 2 is 1.81 bits per heavy atom. The van der Waals surface area contributed by atoms with Gasteiger partial charge in [0.15, 0.2) is 0 Å². The second-order valence-corrected chi connectivity index (χ2v) is 7.60. The minimum absolute atomic E-state index is 0.00690. The Balaban J connectivity index is 1.80. The fourth-order valence-electron chi connectivity index (χ4n) is 3.40. The Labute approximate surface area is 184 Å². The molecule has 4 aromatic rings. The third-order valence-electron chi connectivity index (χ3n) is 4.91. The average Bonchev–Trinajstić information content (AvgIpc) is 3.25. The van der Waals surface area contributed by atoms with Crippen LogP contribution in [-0.4, -0.2) is 36.5 Å². The van der Waals surface area contributed by atoms with E-state index >= 15 is 0 Å². The van der Waals surface area contributed by atoms with E-state index in [2.05, 4.69) is 10.1 Å². The highest BCUT2D eigenvalue weighted by Crippen LogP contribution is 2.31. The molecule has 0 saturated carbocycles. The van der Waals surface area contributed by atoms with Gasteiger partial charge in [-0.3, -0.25) is 4.79 Å². The number of carboxylic acid groups (broad SMARTS) is 1. The molecule has 0 unspecified atom stereocenters. The maximum absolute atomic E-state index is 12.4. The molecular formula is C24H22N4O4. The molecule has 0 bridgehead atoms. The van der Waals surface area contributed by atoms with Crippen molar-refractivity contribution in [3.05, 3.63) is 83.2 Å². The summed E-state index contributed by atoms with van der Waals surface area (Å²) in [5.74, 6) is -0.526. The normalized spacial score (nSPS) is 11.0. The fourth-order valence-corrected chi connectivity index (χ4v) is 3.40. The second-order valence-electron chi connectivity index (χ2n) is 7.60. The molecular weight excluding hydrogens is 408 g/mol. The number of para-hydroxylation sites is 1. The van der Waals surface area contributed by atoms with E-state index in [1.165, 1.54) is 15.3 Å². The minimum Gasteiger partial charge on any atom is -0.478 e. The molecule has 0 saturated heterocycles. The monoisotopic (exact) mass is 430 g/mol. The molecule has 0 fully saturated rings. The summed E-state index contributed by atoms with van der Waals surface area (Å²) in [6.45, 7) is 3.85. The van der Waals surface area contributed by atoms with Crippen molar-refractivity contribution in [2.75, 3.05) is 0 Å². The van der Waals surface area contributed by atoms with Crippen LogP contribution >= 0.6 is 0 Å². The highest BCUT2D eigenvalue weighted by molar-refractivity contribution is 5.92. The molecule has 4 rings (SSSR count). The van der Waals surface area contributed by atoms with Crippen molar-refractivity contribution >= 4 is 5.97 Å². The molecule has 0 aliphatic heterocycles. The quantitative estimate of drug-likeness (QED) is 0.500. The van der Waals surface area contributed by atoms with E-state index < -0.39 is 5.97 Å². The Bertz CT molecular complexity index is 1340. The first-order valence-corrected chi connectivity index (χ1v) is 10.0. The topological polar surface area (TPSA) is 99.2 Å². The Kier molecular flexibility index (Phi) is 5.59. The smallest absolute Gasteiger partial charge is 0.337 e. The van der Waals surface area contributed by atoms with Crippen molar-refractivity contribution in [3.8, 4) is 33.8 Å². The van der Waals surface area contributed by atoms with E-state index in [0.717, 1.165) is 16.7 Å². The van der Waals surface area contributed by atoms with Gasteiger partial charge in [-0.1, -0.05) is 12.1 Å². The van der Waals surface area contributed by atoms with Gasteiger partial charge in [-0.05, 0) is 37.6 Å². The predicted octanol–water partition coefficient (Wildman–Crippen LogP) is 3.79. The average molecular weight is 430 g/mol. The molecule has 32 heavy (non-hydrogen) atoms. The van der Waals surface area contributed by atoms with Gasteiger partial charge in [-0.2, -0.15) is 5.10 Å². The summed E-state index contributed by atoms with van der Waals surface area (Å²) in [5, 5.41) is 13.9. The van der Waals surface area contributed by atoms with Crippen LogP contribution < -0.4 is 10.3 Å². The summed E-state index contributed by atoms with van der Waals surface area (Å²) in [6, 6.07) is 11.8. The zero-order chi connectivity index (χ0) is 22.8. The number of ether oxygens (including phenoxy) is 1. The van der Waals surface area contributed by atoms with E-state index in [1.807, 2.05) is 19.9 Å². The van der Waals surface area contributed by atoms with Crippen LogP contribution in [0.15, 0.2) is 72.0 Å². The lowest BCUT2D eigenvalue weighted by atomic mass is 9.99. The summed E-state index contributed by atoms with van der Waals surface area (Å²) in [6.07, 6.45) is 6.80. The van der Waals surface area contributed by atoms with Gasteiger partial charge in [0.05, 0.1) is 23.6 Å². The lowest BCUT2D eigenvalue weighted by Crippen LogP contribution is -2.15. The number of hydrogen-bond donors (Lipinski definition) is 1. The van der Waals surface area contributed by atoms with Gasteiger partial charge in [-0.15, -0.1) is 0 Å². The van der Waals surface area contributed by atoms with Crippen LogP contribution in [-0.2, 0) is 7.05 Å². The summed E-state index contributed by atoms with van der Waals surface area (Å²) in [5.41, 5.74) is 3.40. The van der Waals surface area contributed by atoms with Gasteiger partial charge in [-0.25, -0.2) is 14.5 Å². The summed E-state index contributed by atoms with van der Waals surface area (Å²) >= 11 is 0. The maximum atomic E-state index is 12.4. The molecule has 162 valence electrons. The molecule has 0 radical (unpaired) electrons. The molecule has 8 heteroatoms. The second kappa shape index (κ2) is 8.50. The van der Waals surface area contributed by atoms with Crippen molar-refractivity contribution in [3.63, 3.8) is 0 Å². The number of carboxylic acids is 1. The Hall–Kier alpha value is -4.20. The molecule has 0 spiro atoms. The van der Waals surface area contributed by atoms with E-state index in [9.17, 15) is 14.7 Å². The first-order valence-electron chi connectivity index (χ1n) is 10.0. The van der Waals surface area contributed by atoms with Crippen LogP contribution in [0.2, 0.25) is 0 Å². The van der Waals surface area contributed by atoms with E-state index in [1.54, 1.807) is 62.2 Å². The van der Waals surface area contributed by atoms with Crippen molar-refractivity contribution in [2.45, 2.75) is 20.0 Å². The Morgan fingerprint density at radius 1 is 1.03 bits per heavy atom. The highest BCUT2D eigenvalue weighted by atomic mass is 16.5. The van der Waals surface area contributed by atoms with E-state index in [4.69, 9.17) is 4.74 Å². The summed E-state index contributed by atoms with van der Waals surface area (Å²) in [4.78, 5) is 28.3. The number of rotatable bonds is 6. The fraction of sp³-hybridized carbons (Fsp3) is 0.167. The number of aromatic nitrogens is 4. The third-order valence-corrected chi connectivity index (χ3v) is 4.91. The van der Waals surface area contributed by atoms with Gasteiger partial charge in [0.25, 0.3) is 5.56 Å². The van der Waals surface area contributed by atoms with Crippen LogP contribution in [0.4, 0.5) is 0 Å². The van der Waals surface area contributed by atoms with Crippen LogP contribution in [0.3, 0.4) is 0 Å². The lowest BCUT2D eigenvalue weighted by Gasteiger charge is -2.12. The number of benzene rings is 1. The standard InChI is InChI=1S/C24H22N4O4/c1-15(2)32-22-9-8-16(11-25-22)19-10-23(29)27(3)14-20(19)17-12-26-28(13-17)21-7-5-4-6-18(21)24(30)31/h4-15H,1-3H3,(H,30,31). The molecule has 3 heterocycles. The van der Waals surface area contributed by atoms with Crippen molar-refractivity contribution in [1.29, 1.82) is 0 Å². The number of pyridine rings is 2. The van der Waals surface area contributed by atoms with Gasteiger partial charge < -0.3 is 14.4 Å². The number of aryl methyl sites for hydroxylation is 1. The molecule has 8 nitrogen and oxygen atoms in total. The number of nitrogens with zero attached hydrogens (tertiary/aromatic N) is 4. The zero-order valence-corrected chi connectivity index (χ0v) is 17.9. The van der Waals surface area contributed by atoms with Crippen LogP contribution in [0.5, 0.6) is 5.88 Å². The first-order chi connectivity index (χ1) is 15.3. The largest absolute Gasteiger partial charge is 0.478 e. The lowest BCUT2D eigenvalue weighted by molar-refractivity contribution is 0.0696. The molecule has 1 aromatic carbocycles. The molecule has 3 aromatic heterocycles. The zero-order valence-electron chi connectivity index (χ0n) is 17.9. The maximum Gasteiger partial charge on any atom is 0.337 e. The van der Waals surface area contributed by atoms with Crippen molar-refractivity contribution in [1.82, 2.24) is 19.3 Å². The molecule has 0 aliphatic carbocycles. The SMILES string of the molecule is CC(C)Oc1ccc(-c2cc(=O)n(C)cc2-c2cnn(-c3ccccc3C(=O)O)c2)cn1. The van der Waals surface area contributed by atoms with E-state index in [0.29, 0.717) is 17.1 Å². The van der Waals surface area contributed by atoms with Crippen LogP contribution in [0.1, 0.15) is 24.2 Å². The Morgan fingerprint density at radius 3 is 2.50 bits per heavy atom. The molecule has 0 atom stereocenters. The van der Waals surface area contributed by atoms with Crippen molar-refractivity contribution < 1.29 is 14.6 Å². The van der Waals surface area contributed by atoms with E-state index in [-0.39, 0.29) is 17.2 Å². The van der Waals surface area contributed by atoms with Crippen LogP contribution in [0, 0.1) is 0 Å². The van der Waals surface area contributed by atoms with Gasteiger partial charge in [0.2, 0.25) is 5.88 Å². The van der Waals surface area contributed by atoms with Crippen LogP contribution in [0.25, 0.3) is 27.9 Å². The minimum atomic E-state index is -1.03. The summed E-state index contributed by atoms with van der Waals surface area (Å²) in [7, 11) is 1.68. The highest BCUT2D eigenvalue weighted by Gasteiger charge is 2.16. The number of carbonyl (C=O) groups is 1. The predicted molar refractivity (Wildman–Crippen MR) is 120 cm³/mol. The molecule has 0 amide bonds. The molecule has 1 N–H and O–H groups in total. The number of hydrogen-bond acceptors (Lipinski definition) is 5. The van der Waals surface area contributed by atoms with Gasteiger partial charge >= 0.3 is 5.97 Å². The van der Waals surface area contributed by atoms with Gasteiger partial charge in [0.1, 0.15) is 0 Å². The first kappa shape index (κ1) is 21.0. The molecule has 0 aliphatic rings. The van der Waals surface area contributed by atoms with Crippen molar-refractivity contribution in [2.24, 2.45) is 7.05 Å². The summed E-state index contributed by atoms with van der Waals surface area (Å²) < 4.78 is 8.62. The third kappa shape index (κ3) is 4.15. The number of aromatic carboxylic acids is 1. The van der Waals surface area contributed by atoms with Gasteiger partial charge in [0, 0.05) is 54.5 Å².